The third kappa shape index (κ3) is 5.61. The molecule has 1 aromatic rings. The second-order valence-electron chi connectivity index (χ2n) is 7.37. The molecule has 0 spiro atoms. The molecule has 1 N–H and O–H groups in total. The van der Waals surface area contributed by atoms with Gasteiger partial charge in [0.1, 0.15) is 0 Å². The predicted molar refractivity (Wildman–Crippen MR) is 104 cm³/mol. The van der Waals surface area contributed by atoms with Gasteiger partial charge in [0.15, 0.2) is 0 Å². The van der Waals surface area contributed by atoms with Crippen LogP contribution in [0.5, 0.6) is 0 Å². The SMILES string of the molecule is O=C(CNc1ccccc1Cl)N1CCCN(CC2CCCCC2)CC1. The molecule has 1 amide bonds. The lowest BCUT2D eigenvalue weighted by molar-refractivity contribution is -0.129. The third-order valence-electron chi connectivity index (χ3n) is 5.49. The summed E-state index contributed by atoms with van der Waals surface area (Å²) in [6.45, 7) is 5.37. The van der Waals surface area contributed by atoms with E-state index in [1.54, 1.807) is 0 Å². The standard InChI is InChI=1S/C20H30ClN3O/c21-18-9-4-5-10-19(18)22-15-20(25)24-12-6-11-23(13-14-24)16-17-7-2-1-3-8-17/h4-5,9-10,17,22H,1-3,6-8,11-16H2. The molecule has 0 bridgehead atoms. The highest BCUT2D eigenvalue weighted by molar-refractivity contribution is 6.33. The Bertz CT molecular complexity index is 560. The lowest BCUT2D eigenvalue weighted by atomic mass is 9.89. The number of anilines is 1. The molecule has 0 aromatic heterocycles. The summed E-state index contributed by atoms with van der Waals surface area (Å²) < 4.78 is 0. The minimum Gasteiger partial charge on any atom is -0.375 e. The average Bonchev–Trinajstić information content (AvgIpc) is 2.87. The van der Waals surface area contributed by atoms with Crippen LogP contribution >= 0.6 is 11.6 Å². The molecule has 1 aromatic carbocycles. The van der Waals surface area contributed by atoms with Crippen molar-refractivity contribution in [3.63, 3.8) is 0 Å². The van der Waals surface area contributed by atoms with Crippen molar-refractivity contribution in [1.29, 1.82) is 0 Å². The van der Waals surface area contributed by atoms with Gasteiger partial charge in [-0.2, -0.15) is 0 Å². The van der Waals surface area contributed by atoms with Crippen LogP contribution in [0, 0.1) is 5.92 Å². The van der Waals surface area contributed by atoms with Crippen molar-refractivity contribution in [3.05, 3.63) is 29.3 Å². The second-order valence-corrected chi connectivity index (χ2v) is 7.78. The van der Waals surface area contributed by atoms with E-state index in [9.17, 15) is 4.79 Å². The third-order valence-corrected chi connectivity index (χ3v) is 5.82. The Kier molecular flexibility index (Phi) is 7.00. The van der Waals surface area contributed by atoms with Crippen molar-refractivity contribution in [2.75, 3.05) is 44.6 Å². The zero-order chi connectivity index (χ0) is 17.5. The number of carbonyl (C=O) groups excluding carboxylic acids is 1. The maximum Gasteiger partial charge on any atom is 0.241 e. The zero-order valence-corrected chi connectivity index (χ0v) is 15.8. The molecule has 3 rings (SSSR count). The molecular formula is C20H30ClN3O. The number of halogens is 1. The first kappa shape index (κ1) is 18.5. The van der Waals surface area contributed by atoms with E-state index < -0.39 is 0 Å². The van der Waals surface area contributed by atoms with Gasteiger partial charge in [-0.1, -0.05) is 43.0 Å². The van der Waals surface area contributed by atoms with Crippen LogP contribution in [0.3, 0.4) is 0 Å². The van der Waals surface area contributed by atoms with Crippen LogP contribution in [-0.4, -0.2) is 55.0 Å². The first-order chi connectivity index (χ1) is 12.2. The summed E-state index contributed by atoms with van der Waals surface area (Å²) in [6.07, 6.45) is 8.07. The minimum atomic E-state index is 0.166. The predicted octanol–water partition coefficient (Wildman–Crippen LogP) is 3.87. The fraction of sp³-hybridized carbons (Fsp3) is 0.650. The Labute approximate surface area is 156 Å². The number of hydrogen-bond acceptors (Lipinski definition) is 3. The minimum absolute atomic E-state index is 0.166. The highest BCUT2D eigenvalue weighted by Crippen LogP contribution is 2.25. The molecule has 0 radical (unpaired) electrons. The summed E-state index contributed by atoms with van der Waals surface area (Å²) in [5.74, 6) is 1.04. The molecule has 2 aliphatic rings. The van der Waals surface area contributed by atoms with Gasteiger partial charge in [0, 0.05) is 26.2 Å². The second kappa shape index (κ2) is 9.44. The molecule has 2 fully saturated rings. The van der Waals surface area contributed by atoms with Crippen LogP contribution in [0.2, 0.25) is 5.02 Å². The fourth-order valence-corrected chi connectivity index (χ4v) is 4.23. The number of rotatable bonds is 5. The van der Waals surface area contributed by atoms with E-state index in [0.29, 0.717) is 11.6 Å². The first-order valence-electron chi connectivity index (χ1n) is 9.71. The van der Waals surface area contributed by atoms with E-state index in [-0.39, 0.29) is 5.91 Å². The van der Waals surface area contributed by atoms with Gasteiger partial charge in [0.25, 0.3) is 0 Å². The molecule has 1 saturated heterocycles. The van der Waals surface area contributed by atoms with Gasteiger partial charge < -0.3 is 15.1 Å². The van der Waals surface area contributed by atoms with E-state index in [1.807, 2.05) is 29.2 Å². The van der Waals surface area contributed by atoms with Crippen molar-refractivity contribution in [2.45, 2.75) is 38.5 Å². The van der Waals surface area contributed by atoms with Crippen molar-refractivity contribution < 1.29 is 4.79 Å². The van der Waals surface area contributed by atoms with E-state index in [4.69, 9.17) is 11.6 Å². The maximum atomic E-state index is 12.5. The number of nitrogens with zero attached hydrogens (tertiary/aromatic N) is 2. The maximum absolute atomic E-state index is 12.5. The summed E-state index contributed by atoms with van der Waals surface area (Å²) >= 11 is 6.14. The van der Waals surface area contributed by atoms with Gasteiger partial charge in [-0.25, -0.2) is 0 Å². The molecule has 0 unspecified atom stereocenters. The molecule has 1 aliphatic heterocycles. The molecule has 0 atom stereocenters. The van der Waals surface area contributed by atoms with Crippen molar-refractivity contribution in [1.82, 2.24) is 9.80 Å². The number of para-hydroxylation sites is 1. The lowest BCUT2D eigenvalue weighted by Crippen LogP contribution is -2.39. The Morgan fingerprint density at radius 1 is 1.04 bits per heavy atom. The molecular weight excluding hydrogens is 334 g/mol. The van der Waals surface area contributed by atoms with Crippen molar-refractivity contribution >= 4 is 23.2 Å². The van der Waals surface area contributed by atoms with Crippen LogP contribution in [0.25, 0.3) is 0 Å². The van der Waals surface area contributed by atoms with Crippen LogP contribution in [0.1, 0.15) is 38.5 Å². The van der Waals surface area contributed by atoms with Gasteiger partial charge in [-0.15, -0.1) is 0 Å². The largest absolute Gasteiger partial charge is 0.375 e. The van der Waals surface area contributed by atoms with E-state index in [0.717, 1.165) is 44.2 Å². The van der Waals surface area contributed by atoms with Gasteiger partial charge >= 0.3 is 0 Å². The van der Waals surface area contributed by atoms with E-state index in [1.165, 1.54) is 38.6 Å². The van der Waals surface area contributed by atoms with Gasteiger partial charge in [-0.3, -0.25) is 4.79 Å². The number of benzene rings is 1. The quantitative estimate of drug-likeness (QED) is 0.862. The number of hydrogen-bond donors (Lipinski definition) is 1. The molecule has 1 heterocycles. The summed E-state index contributed by atoms with van der Waals surface area (Å²) in [5, 5.41) is 3.83. The Morgan fingerprint density at radius 3 is 2.64 bits per heavy atom. The molecule has 4 nitrogen and oxygen atoms in total. The lowest BCUT2D eigenvalue weighted by Gasteiger charge is -2.28. The first-order valence-corrected chi connectivity index (χ1v) is 10.1. The average molecular weight is 364 g/mol. The number of carbonyl (C=O) groups is 1. The Balaban J connectivity index is 1.44. The molecule has 1 saturated carbocycles. The highest BCUT2D eigenvalue weighted by atomic mass is 35.5. The van der Waals surface area contributed by atoms with Crippen LogP contribution in [-0.2, 0) is 4.79 Å². The van der Waals surface area contributed by atoms with Gasteiger partial charge in [0.2, 0.25) is 5.91 Å². The van der Waals surface area contributed by atoms with E-state index in [2.05, 4.69) is 10.2 Å². The molecule has 138 valence electrons. The smallest absolute Gasteiger partial charge is 0.241 e. The van der Waals surface area contributed by atoms with Crippen LogP contribution < -0.4 is 5.32 Å². The monoisotopic (exact) mass is 363 g/mol. The fourth-order valence-electron chi connectivity index (χ4n) is 4.02. The number of nitrogens with one attached hydrogen (secondary N) is 1. The summed E-state index contributed by atoms with van der Waals surface area (Å²) in [7, 11) is 0. The normalized spacial score (nSPS) is 20.3. The topological polar surface area (TPSA) is 35.6 Å². The summed E-state index contributed by atoms with van der Waals surface area (Å²) in [5.41, 5.74) is 0.825. The summed E-state index contributed by atoms with van der Waals surface area (Å²) in [6, 6.07) is 7.56. The molecule has 25 heavy (non-hydrogen) atoms. The zero-order valence-electron chi connectivity index (χ0n) is 15.1. The molecule has 1 aliphatic carbocycles. The Morgan fingerprint density at radius 2 is 1.84 bits per heavy atom. The van der Waals surface area contributed by atoms with Crippen molar-refractivity contribution in [3.8, 4) is 0 Å². The molecule has 5 heteroatoms. The van der Waals surface area contributed by atoms with Crippen molar-refractivity contribution in [2.24, 2.45) is 5.92 Å². The van der Waals surface area contributed by atoms with Gasteiger partial charge in [0.05, 0.1) is 17.3 Å². The van der Waals surface area contributed by atoms with Gasteiger partial charge in [-0.05, 0) is 43.9 Å². The summed E-state index contributed by atoms with van der Waals surface area (Å²) in [4.78, 5) is 17.1. The van der Waals surface area contributed by atoms with E-state index >= 15 is 0 Å². The highest BCUT2D eigenvalue weighted by Gasteiger charge is 2.22. The van der Waals surface area contributed by atoms with Crippen LogP contribution in [0.15, 0.2) is 24.3 Å². The Hall–Kier alpha value is -1.26. The number of amides is 1. The van der Waals surface area contributed by atoms with Crippen LogP contribution in [0.4, 0.5) is 5.69 Å².